The smallest absolute Gasteiger partial charge is 0.253 e. The van der Waals surface area contributed by atoms with E-state index in [1.807, 2.05) is 54.3 Å². The number of H-pyrrole nitrogens is 1. The number of nitrogens with two attached hydrogens (primary N) is 1. The first kappa shape index (κ1) is 21.1. The summed E-state index contributed by atoms with van der Waals surface area (Å²) in [6.07, 6.45) is 2.64. The maximum Gasteiger partial charge on any atom is 0.253 e. The monoisotopic (exact) mass is 445 g/mol. The van der Waals surface area contributed by atoms with Crippen LogP contribution < -0.4 is 5.73 Å². The van der Waals surface area contributed by atoms with Gasteiger partial charge in [-0.1, -0.05) is 18.2 Å². The van der Waals surface area contributed by atoms with Crippen molar-refractivity contribution in [2.45, 2.75) is 13.3 Å². The molecule has 172 valence electrons. The summed E-state index contributed by atoms with van der Waals surface area (Å²) in [6, 6.07) is 13.5. The minimum absolute atomic E-state index is 0. The van der Waals surface area contributed by atoms with Gasteiger partial charge in [-0.2, -0.15) is 0 Å². The molecule has 1 saturated heterocycles. The molecule has 3 heterocycles. The summed E-state index contributed by atoms with van der Waals surface area (Å²) < 4.78 is 0. The highest BCUT2D eigenvalue weighted by Gasteiger charge is 2.19. The van der Waals surface area contributed by atoms with Crippen molar-refractivity contribution in [1.29, 1.82) is 0 Å². The van der Waals surface area contributed by atoms with Crippen molar-refractivity contribution < 1.29 is 7.65 Å². The molecular weight excluding hydrogens is 414 g/mol. The quantitative estimate of drug-likeness (QED) is 0.496. The van der Waals surface area contributed by atoms with E-state index < -0.39 is 0 Å². The summed E-state index contributed by atoms with van der Waals surface area (Å²) in [7, 11) is 2.09. The van der Waals surface area contributed by atoms with Gasteiger partial charge in [0.2, 0.25) is 0 Å². The van der Waals surface area contributed by atoms with Crippen LogP contribution in [-0.4, -0.2) is 68.9 Å². The third-order valence-corrected chi connectivity index (χ3v) is 6.10. The van der Waals surface area contributed by atoms with E-state index in [0.717, 1.165) is 54.8 Å². The number of imidazole rings is 1. The van der Waals surface area contributed by atoms with Crippen molar-refractivity contribution >= 4 is 22.8 Å². The van der Waals surface area contributed by atoms with E-state index in [4.69, 9.17) is 10.7 Å². The van der Waals surface area contributed by atoms with E-state index in [1.165, 1.54) is 0 Å². The van der Waals surface area contributed by atoms with Crippen molar-refractivity contribution in [3.8, 4) is 22.8 Å². The van der Waals surface area contributed by atoms with Crippen molar-refractivity contribution in [3.63, 3.8) is 0 Å². The molecule has 1 fully saturated rings. The lowest BCUT2D eigenvalue weighted by Crippen LogP contribution is -2.34. The van der Waals surface area contributed by atoms with E-state index in [-0.39, 0.29) is 8.76 Å². The van der Waals surface area contributed by atoms with Crippen molar-refractivity contribution in [3.05, 3.63) is 59.8 Å². The number of likely N-dealkylation sites (N-methyl/N-ethyl adjacent to an activating group) is 1. The molecule has 1 amide bonds. The number of benzene rings is 2. The lowest BCUT2D eigenvalue weighted by atomic mass is 10.1. The molecule has 4 aromatic rings. The van der Waals surface area contributed by atoms with E-state index in [9.17, 15) is 4.79 Å². The predicted molar refractivity (Wildman–Crippen MR) is 134 cm³/mol. The van der Waals surface area contributed by atoms with Gasteiger partial charge >= 0.3 is 0 Å². The molecule has 0 aliphatic carbocycles. The number of fused-ring (bicyclic) bond motifs is 1. The fourth-order valence-corrected chi connectivity index (χ4v) is 4.16. The number of rotatable bonds is 3. The number of hydrogen-bond acceptors (Lipinski definition) is 6. The van der Waals surface area contributed by atoms with Gasteiger partial charge in [0.15, 0.2) is 11.6 Å². The molecular formula is C25H31N7O. The minimum atomic E-state index is 0. The molecule has 5 rings (SSSR count). The number of nitrogens with zero attached hydrogens (tertiary/aromatic N) is 5. The zero-order valence-electron chi connectivity index (χ0n) is 18.9. The number of carbonyl (C=O) groups excluding carboxylic acids is 1. The van der Waals surface area contributed by atoms with Crippen LogP contribution in [0.2, 0.25) is 0 Å². The van der Waals surface area contributed by atoms with Crippen LogP contribution in [0.25, 0.3) is 33.8 Å². The van der Waals surface area contributed by atoms with Crippen LogP contribution in [-0.2, 0) is 0 Å². The first-order chi connectivity index (χ1) is 16.0. The zero-order valence-corrected chi connectivity index (χ0v) is 18.9. The van der Waals surface area contributed by atoms with Gasteiger partial charge in [0, 0.05) is 33.6 Å². The first-order valence-electron chi connectivity index (χ1n) is 11.2. The van der Waals surface area contributed by atoms with Crippen LogP contribution in [0.5, 0.6) is 0 Å². The lowest BCUT2D eigenvalue weighted by molar-refractivity contribution is 0.0763. The first-order valence-corrected chi connectivity index (χ1v) is 11.2. The summed E-state index contributed by atoms with van der Waals surface area (Å²) in [5.41, 5.74) is 11.8. The van der Waals surface area contributed by atoms with Gasteiger partial charge in [0.25, 0.3) is 5.91 Å². The van der Waals surface area contributed by atoms with Gasteiger partial charge in [0.05, 0.1) is 22.9 Å². The molecule has 2 aromatic carbocycles. The standard InChI is InChI=1S/C25H27N7O.2H2/c1-16-4-9-19-20(14-16)30-24(29-19)22-23(26)27-15-21(28-22)17-5-7-18(8-6-17)25(33)32-11-3-10-31(2)12-13-32;;/h4-9,14-15H,3,10-13H2,1-2H3,(H2,26,27)(H,29,30);2*1H. The molecule has 0 saturated carbocycles. The Hall–Kier alpha value is -3.78. The highest BCUT2D eigenvalue weighted by molar-refractivity contribution is 5.94. The molecule has 8 heteroatoms. The van der Waals surface area contributed by atoms with Crippen LogP contribution in [0.1, 0.15) is 25.2 Å². The van der Waals surface area contributed by atoms with E-state index in [1.54, 1.807) is 6.20 Å². The van der Waals surface area contributed by atoms with Crippen LogP contribution in [0.3, 0.4) is 0 Å². The third-order valence-electron chi connectivity index (χ3n) is 6.10. The van der Waals surface area contributed by atoms with Crippen molar-refractivity contribution in [2.24, 2.45) is 0 Å². The van der Waals surface area contributed by atoms with Crippen LogP contribution in [0.4, 0.5) is 5.82 Å². The minimum Gasteiger partial charge on any atom is -0.382 e. The predicted octanol–water partition coefficient (Wildman–Crippen LogP) is 3.85. The van der Waals surface area contributed by atoms with Gasteiger partial charge in [-0.05, 0) is 56.8 Å². The number of amides is 1. The second-order valence-corrected chi connectivity index (χ2v) is 8.62. The van der Waals surface area contributed by atoms with Gasteiger partial charge in [-0.25, -0.2) is 15.0 Å². The summed E-state index contributed by atoms with van der Waals surface area (Å²) in [5.74, 6) is 0.964. The molecule has 0 bridgehead atoms. The SMILES string of the molecule is Cc1ccc2nc(-c3nc(-c4ccc(C(=O)N5CCCN(C)CC5)cc4)cnc3N)[nH]c2c1.[HH].[HH]. The molecule has 3 N–H and O–H groups in total. The van der Waals surface area contributed by atoms with Gasteiger partial charge in [-0.15, -0.1) is 0 Å². The van der Waals surface area contributed by atoms with Crippen LogP contribution >= 0.6 is 0 Å². The molecule has 2 aromatic heterocycles. The fourth-order valence-electron chi connectivity index (χ4n) is 4.16. The van der Waals surface area contributed by atoms with Crippen molar-refractivity contribution in [1.82, 2.24) is 29.7 Å². The summed E-state index contributed by atoms with van der Waals surface area (Å²) in [5, 5.41) is 0. The summed E-state index contributed by atoms with van der Waals surface area (Å²) >= 11 is 0. The third kappa shape index (κ3) is 4.29. The Labute approximate surface area is 195 Å². The highest BCUT2D eigenvalue weighted by Crippen LogP contribution is 2.26. The van der Waals surface area contributed by atoms with Gasteiger partial charge in [-0.3, -0.25) is 4.79 Å². The molecule has 0 atom stereocenters. The summed E-state index contributed by atoms with van der Waals surface area (Å²) in [4.78, 5) is 34.1. The van der Waals surface area contributed by atoms with Crippen LogP contribution in [0, 0.1) is 6.92 Å². The number of anilines is 1. The zero-order chi connectivity index (χ0) is 22.9. The molecule has 33 heavy (non-hydrogen) atoms. The number of aromatic amines is 1. The Bertz CT molecular complexity index is 1320. The van der Waals surface area contributed by atoms with E-state index in [2.05, 4.69) is 26.9 Å². The number of nitrogen functional groups attached to an aromatic ring is 1. The Kier molecular flexibility index (Phi) is 5.51. The molecule has 1 aliphatic rings. The Morgan fingerprint density at radius 2 is 1.88 bits per heavy atom. The molecule has 0 radical (unpaired) electrons. The van der Waals surface area contributed by atoms with Gasteiger partial charge in [0.1, 0.15) is 5.69 Å². The lowest BCUT2D eigenvalue weighted by Gasteiger charge is -2.20. The number of aryl methyl sites for hydroxylation is 1. The maximum atomic E-state index is 13.0. The highest BCUT2D eigenvalue weighted by atomic mass is 16.2. The largest absolute Gasteiger partial charge is 0.382 e. The van der Waals surface area contributed by atoms with Gasteiger partial charge < -0.3 is 20.5 Å². The summed E-state index contributed by atoms with van der Waals surface area (Å²) in [6.45, 7) is 5.49. The fraction of sp³-hybridized carbons (Fsp3) is 0.280. The van der Waals surface area contributed by atoms with Crippen LogP contribution in [0.15, 0.2) is 48.7 Å². The average molecular weight is 446 g/mol. The number of carbonyl (C=O) groups is 1. The Morgan fingerprint density at radius 3 is 2.70 bits per heavy atom. The Balaban J connectivity index is 0.00000171. The van der Waals surface area contributed by atoms with E-state index >= 15 is 0 Å². The second kappa shape index (κ2) is 8.63. The number of hydrogen-bond donors (Lipinski definition) is 2. The van der Waals surface area contributed by atoms with E-state index in [0.29, 0.717) is 28.6 Å². The average Bonchev–Trinajstić information content (AvgIpc) is 3.11. The molecule has 0 spiro atoms. The maximum absolute atomic E-state index is 13.0. The number of aromatic nitrogens is 4. The van der Waals surface area contributed by atoms with Crippen molar-refractivity contribution in [2.75, 3.05) is 39.0 Å². The topological polar surface area (TPSA) is 104 Å². The second-order valence-electron chi connectivity index (χ2n) is 8.62. The molecule has 0 unspecified atom stereocenters. The normalized spacial score (nSPS) is 15.0. The molecule has 1 aliphatic heterocycles. The Morgan fingerprint density at radius 1 is 1.06 bits per heavy atom. The number of nitrogens with one attached hydrogen (secondary N) is 1. The molecule has 8 nitrogen and oxygen atoms in total.